The SMILES string of the molecule is Cc1ccc(OCC(F)(F)F)c(N2C(=O)CS/C2=N\C(=O)Nc2ccc(-c3cn(-c4ccc(S(F)(F)(F)(F)F)cc4)cn3)cc2F)c1. The van der Waals surface area contributed by atoms with Crippen LogP contribution in [0.3, 0.4) is 0 Å². The number of amides is 3. The van der Waals surface area contributed by atoms with Crippen LogP contribution in [0.25, 0.3) is 16.9 Å². The molecule has 19 heteroatoms. The molecule has 3 aromatic carbocycles. The molecule has 5 rings (SSSR count). The van der Waals surface area contributed by atoms with Gasteiger partial charge in [0.1, 0.15) is 16.5 Å². The van der Waals surface area contributed by atoms with E-state index in [0.717, 1.165) is 34.9 Å². The molecule has 0 atom stereocenters. The topological polar surface area (TPSA) is 88.8 Å². The smallest absolute Gasteiger partial charge is 0.422 e. The van der Waals surface area contributed by atoms with Crippen LogP contribution in [0.4, 0.5) is 53.2 Å². The predicted molar refractivity (Wildman–Crippen MR) is 159 cm³/mol. The van der Waals surface area contributed by atoms with Crippen LogP contribution < -0.4 is 15.0 Å². The Labute approximate surface area is 264 Å². The summed E-state index contributed by atoms with van der Waals surface area (Å²) in [6.07, 6.45) is -2.17. The molecule has 0 unspecified atom stereocenters. The third-order valence-electron chi connectivity index (χ3n) is 6.38. The Morgan fingerprint density at radius 1 is 1.04 bits per heavy atom. The van der Waals surface area contributed by atoms with Crippen molar-refractivity contribution in [1.82, 2.24) is 9.55 Å². The van der Waals surface area contributed by atoms with Gasteiger partial charge < -0.3 is 14.6 Å². The summed E-state index contributed by atoms with van der Waals surface area (Å²) in [6, 6.07) is 8.66. The third kappa shape index (κ3) is 8.02. The number of nitrogens with zero attached hydrogens (tertiary/aromatic N) is 4. The van der Waals surface area contributed by atoms with E-state index in [1.165, 1.54) is 47.4 Å². The van der Waals surface area contributed by atoms with Crippen molar-refractivity contribution in [3.63, 3.8) is 0 Å². The lowest BCUT2D eigenvalue weighted by atomic mass is 10.1. The number of ether oxygens (including phenoxy) is 1. The average molecular weight is 710 g/mol. The second kappa shape index (κ2) is 11.3. The van der Waals surface area contributed by atoms with Gasteiger partial charge in [0.25, 0.3) is 0 Å². The van der Waals surface area contributed by atoms with Gasteiger partial charge >= 0.3 is 22.4 Å². The summed E-state index contributed by atoms with van der Waals surface area (Å²) in [5.41, 5.74) is 0.575. The minimum atomic E-state index is -9.85. The number of carbonyl (C=O) groups is 2. The molecule has 1 N–H and O–H groups in total. The van der Waals surface area contributed by atoms with Gasteiger partial charge in [-0.3, -0.25) is 9.69 Å². The van der Waals surface area contributed by atoms with Gasteiger partial charge in [-0.15, -0.1) is 0 Å². The first-order valence-corrected chi connectivity index (χ1v) is 15.9. The molecule has 8 nitrogen and oxygen atoms in total. The van der Waals surface area contributed by atoms with Gasteiger partial charge in [-0.2, -0.15) is 18.2 Å². The first-order chi connectivity index (χ1) is 21.7. The van der Waals surface area contributed by atoms with Gasteiger partial charge in [-0.25, -0.2) is 14.2 Å². The number of benzene rings is 3. The van der Waals surface area contributed by atoms with Gasteiger partial charge in [0.05, 0.1) is 29.1 Å². The number of aryl methyl sites for hydroxylation is 1. The van der Waals surface area contributed by atoms with Crippen molar-refractivity contribution in [3.05, 3.63) is 84.6 Å². The Bertz CT molecular complexity index is 1910. The van der Waals surface area contributed by atoms with Crippen LogP contribution in [0.2, 0.25) is 0 Å². The summed E-state index contributed by atoms with van der Waals surface area (Å²) in [7, 11) is -9.85. The number of amidine groups is 1. The lowest BCUT2D eigenvalue weighted by Gasteiger charge is -2.40. The highest BCUT2D eigenvalue weighted by Crippen LogP contribution is 3.02. The number of thioether (sulfide) groups is 1. The first-order valence-electron chi connectivity index (χ1n) is 13.0. The molecule has 4 aromatic rings. The van der Waals surface area contributed by atoms with Crippen molar-refractivity contribution >= 4 is 50.5 Å². The van der Waals surface area contributed by atoms with Crippen LogP contribution >= 0.6 is 22.0 Å². The Morgan fingerprint density at radius 3 is 2.38 bits per heavy atom. The molecule has 0 spiro atoms. The summed E-state index contributed by atoms with van der Waals surface area (Å²) >= 11 is 0.829. The maximum atomic E-state index is 15.0. The number of imidazole rings is 1. The zero-order valence-corrected chi connectivity index (χ0v) is 25.2. The maximum absolute atomic E-state index is 15.0. The number of aliphatic imine (C=N–C) groups is 1. The Kier molecular flexibility index (Phi) is 8.07. The number of carbonyl (C=O) groups excluding carboxylic acids is 2. The number of anilines is 2. The molecule has 1 aromatic heterocycles. The van der Waals surface area contributed by atoms with Crippen molar-refractivity contribution in [2.24, 2.45) is 4.99 Å². The molecule has 2 heterocycles. The van der Waals surface area contributed by atoms with Gasteiger partial charge in [-0.05, 0) is 61.0 Å². The van der Waals surface area contributed by atoms with E-state index in [1.54, 1.807) is 6.92 Å². The highest BCUT2D eigenvalue weighted by atomic mass is 32.5. The summed E-state index contributed by atoms with van der Waals surface area (Å²) in [4.78, 5) is 32.1. The zero-order chi connectivity index (χ0) is 34.4. The van der Waals surface area contributed by atoms with E-state index >= 15 is 0 Å². The van der Waals surface area contributed by atoms with Crippen LogP contribution in [-0.4, -0.2) is 45.2 Å². The molecular formula is C28H20F9N5O3S2. The number of alkyl halides is 3. The largest absolute Gasteiger partial charge is 0.482 e. The van der Waals surface area contributed by atoms with Gasteiger partial charge in [0, 0.05) is 17.4 Å². The van der Waals surface area contributed by atoms with Gasteiger partial charge in [0.15, 0.2) is 11.8 Å². The van der Waals surface area contributed by atoms with Crippen LogP contribution in [0, 0.1) is 12.7 Å². The van der Waals surface area contributed by atoms with Crippen molar-refractivity contribution in [2.45, 2.75) is 18.0 Å². The summed E-state index contributed by atoms with van der Waals surface area (Å²) in [5.74, 6) is -2.00. The van der Waals surface area contributed by atoms with E-state index in [0.29, 0.717) is 5.56 Å². The molecule has 1 saturated heterocycles. The Balaban J connectivity index is 1.32. The molecule has 0 bridgehead atoms. The number of hydrogen-bond donors (Lipinski definition) is 1. The monoisotopic (exact) mass is 709 g/mol. The summed E-state index contributed by atoms with van der Waals surface area (Å²) < 4.78 is 124. The number of nitrogens with one attached hydrogen (secondary N) is 1. The molecule has 0 saturated carbocycles. The van der Waals surface area contributed by atoms with E-state index < -0.39 is 45.7 Å². The lowest BCUT2D eigenvalue weighted by Crippen LogP contribution is -2.31. The molecule has 0 radical (unpaired) electrons. The minimum Gasteiger partial charge on any atom is -0.482 e. The van der Waals surface area contributed by atoms with E-state index in [9.17, 15) is 46.6 Å². The van der Waals surface area contributed by atoms with Gasteiger partial charge in [0.2, 0.25) is 5.91 Å². The van der Waals surface area contributed by atoms with Gasteiger partial charge in [-0.1, -0.05) is 43.3 Å². The molecule has 1 aliphatic heterocycles. The normalized spacial score (nSPS) is 16.3. The van der Waals surface area contributed by atoms with Crippen molar-refractivity contribution in [3.8, 4) is 22.7 Å². The number of hydrogen-bond acceptors (Lipinski definition) is 5. The molecule has 250 valence electrons. The average Bonchev–Trinajstić information content (AvgIpc) is 3.59. The van der Waals surface area contributed by atoms with E-state index in [2.05, 4.69) is 15.3 Å². The number of urea groups is 1. The molecular weight excluding hydrogens is 689 g/mol. The highest BCUT2D eigenvalue weighted by molar-refractivity contribution is 8.45. The van der Waals surface area contributed by atoms with E-state index in [1.807, 2.05) is 0 Å². The van der Waals surface area contributed by atoms with Crippen LogP contribution in [0.5, 0.6) is 5.75 Å². The Hall–Kier alpha value is -4.65. The fourth-order valence-electron chi connectivity index (χ4n) is 4.26. The van der Waals surface area contributed by atoms with Crippen LogP contribution in [0.15, 0.2) is 83.1 Å². The lowest BCUT2D eigenvalue weighted by molar-refractivity contribution is -0.153. The number of aromatic nitrogens is 2. The number of rotatable bonds is 7. The van der Waals surface area contributed by atoms with Crippen molar-refractivity contribution in [1.29, 1.82) is 0 Å². The fourth-order valence-corrected chi connectivity index (χ4v) is 5.77. The van der Waals surface area contributed by atoms with Crippen LogP contribution in [0.1, 0.15) is 5.56 Å². The standard InChI is InChI=1S/C28H20F9N5O3S2/c1-16-2-9-24(45-14-28(30,31)32)23(10-16)42-25(43)13-46-27(42)40-26(44)39-21-8-3-17(11-20(21)29)22-12-41(15-38-22)18-4-6-19(7-5-18)47(33,34,35,36)37/h2-12,15H,13-14H2,1H3,(H,39,44)/b40-27-. The van der Waals surface area contributed by atoms with Crippen LogP contribution in [-0.2, 0) is 4.79 Å². The first kappa shape index (κ1) is 33.7. The second-order valence-corrected chi connectivity index (χ2v) is 13.4. The maximum Gasteiger partial charge on any atom is 0.422 e. The summed E-state index contributed by atoms with van der Waals surface area (Å²) in [6.45, 7) is 0.00249. The molecule has 47 heavy (non-hydrogen) atoms. The van der Waals surface area contributed by atoms with Crippen molar-refractivity contribution in [2.75, 3.05) is 22.6 Å². The molecule has 0 aliphatic carbocycles. The summed E-state index contributed by atoms with van der Waals surface area (Å²) in [5, 5.41) is 2.03. The zero-order valence-electron chi connectivity index (χ0n) is 23.6. The predicted octanol–water partition coefficient (Wildman–Crippen LogP) is 9.25. The Morgan fingerprint density at radius 2 is 1.74 bits per heavy atom. The minimum absolute atomic E-state index is 0.0682. The molecule has 1 aliphatic rings. The second-order valence-electron chi connectivity index (χ2n) is 10.0. The number of halogens is 9. The van der Waals surface area contributed by atoms with E-state index in [4.69, 9.17) is 4.74 Å². The van der Waals surface area contributed by atoms with Crippen molar-refractivity contribution < 1.29 is 51.3 Å². The third-order valence-corrected chi connectivity index (χ3v) is 8.47. The molecule has 1 fully saturated rings. The molecule has 3 amide bonds. The highest BCUT2D eigenvalue weighted by Gasteiger charge is 2.65. The fraction of sp³-hybridized carbons (Fsp3) is 0.143. The van der Waals surface area contributed by atoms with E-state index in [-0.39, 0.29) is 57.1 Å². The quantitative estimate of drug-likeness (QED) is 0.193.